The van der Waals surface area contributed by atoms with E-state index in [1.807, 2.05) is 19.2 Å². The van der Waals surface area contributed by atoms with E-state index in [2.05, 4.69) is 4.98 Å². The van der Waals surface area contributed by atoms with Crippen LogP contribution in [0.1, 0.15) is 17.2 Å². The summed E-state index contributed by atoms with van der Waals surface area (Å²) in [5.41, 5.74) is 8.07. The van der Waals surface area contributed by atoms with Gasteiger partial charge in [0.1, 0.15) is 0 Å². The molecule has 3 heteroatoms. The van der Waals surface area contributed by atoms with Gasteiger partial charge in [0, 0.05) is 19.5 Å². The molecule has 0 aliphatic rings. The summed E-state index contributed by atoms with van der Waals surface area (Å²) < 4.78 is 4.97. The standard InChI is InChI=1S/C9H14N2O/c1-7-5-11-4-3-8(7)9(10)6-12-2/h3-5,9H,6,10H2,1-2H3/t9-/m0/s1. The topological polar surface area (TPSA) is 48.1 Å². The number of hydrogen-bond acceptors (Lipinski definition) is 3. The summed E-state index contributed by atoms with van der Waals surface area (Å²) in [4.78, 5) is 3.99. The maximum absolute atomic E-state index is 5.85. The second-order valence-corrected chi connectivity index (χ2v) is 2.79. The normalized spacial score (nSPS) is 12.9. The van der Waals surface area contributed by atoms with E-state index in [0.29, 0.717) is 6.61 Å². The number of hydrogen-bond donors (Lipinski definition) is 1. The highest BCUT2D eigenvalue weighted by Gasteiger charge is 2.07. The molecule has 1 aromatic rings. The average Bonchev–Trinajstić information content (AvgIpc) is 2.05. The van der Waals surface area contributed by atoms with Gasteiger partial charge in [0.15, 0.2) is 0 Å². The van der Waals surface area contributed by atoms with Crippen molar-refractivity contribution >= 4 is 0 Å². The van der Waals surface area contributed by atoms with Crippen LogP contribution in [-0.2, 0) is 4.74 Å². The van der Waals surface area contributed by atoms with Crippen LogP contribution in [0, 0.1) is 6.92 Å². The molecule has 2 N–H and O–H groups in total. The summed E-state index contributed by atoms with van der Waals surface area (Å²) in [6.07, 6.45) is 3.56. The van der Waals surface area contributed by atoms with Crippen LogP contribution in [-0.4, -0.2) is 18.7 Å². The number of rotatable bonds is 3. The van der Waals surface area contributed by atoms with Gasteiger partial charge < -0.3 is 10.5 Å². The van der Waals surface area contributed by atoms with Crippen molar-refractivity contribution in [3.05, 3.63) is 29.6 Å². The Morgan fingerprint density at radius 3 is 3.00 bits per heavy atom. The van der Waals surface area contributed by atoms with Gasteiger partial charge in [-0.15, -0.1) is 0 Å². The summed E-state index contributed by atoms with van der Waals surface area (Å²) >= 11 is 0. The summed E-state index contributed by atoms with van der Waals surface area (Å²) in [6.45, 7) is 2.54. The molecule has 0 amide bonds. The third-order valence-electron chi connectivity index (χ3n) is 1.81. The van der Waals surface area contributed by atoms with E-state index >= 15 is 0 Å². The largest absolute Gasteiger partial charge is 0.383 e. The predicted octanol–water partition coefficient (Wildman–Crippen LogP) is 1.04. The third-order valence-corrected chi connectivity index (χ3v) is 1.81. The van der Waals surface area contributed by atoms with Crippen LogP contribution in [0.15, 0.2) is 18.5 Å². The Kier molecular flexibility index (Phi) is 3.19. The molecule has 66 valence electrons. The van der Waals surface area contributed by atoms with Crippen LogP contribution in [0.3, 0.4) is 0 Å². The first-order valence-electron chi connectivity index (χ1n) is 3.90. The number of methoxy groups -OCH3 is 1. The Labute approximate surface area is 72.6 Å². The molecular formula is C9H14N2O. The first kappa shape index (κ1) is 9.16. The minimum atomic E-state index is -0.0435. The molecule has 3 nitrogen and oxygen atoms in total. The van der Waals surface area contributed by atoms with E-state index in [1.165, 1.54) is 0 Å². The van der Waals surface area contributed by atoms with E-state index in [-0.39, 0.29) is 6.04 Å². The van der Waals surface area contributed by atoms with Gasteiger partial charge in [0.2, 0.25) is 0 Å². The minimum absolute atomic E-state index is 0.0435. The maximum Gasteiger partial charge on any atom is 0.0655 e. The van der Waals surface area contributed by atoms with Gasteiger partial charge in [0.25, 0.3) is 0 Å². The lowest BCUT2D eigenvalue weighted by Gasteiger charge is -2.12. The number of aryl methyl sites for hydroxylation is 1. The monoisotopic (exact) mass is 166 g/mol. The number of nitrogens with two attached hydrogens (primary N) is 1. The van der Waals surface area contributed by atoms with Gasteiger partial charge in [0.05, 0.1) is 12.6 Å². The van der Waals surface area contributed by atoms with Crippen molar-refractivity contribution in [2.24, 2.45) is 5.73 Å². The van der Waals surface area contributed by atoms with Gasteiger partial charge in [-0.3, -0.25) is 4.98 Å². The summed E-state index contributed by atoms with van der Waals surface area (Å²) in [6, 6.07) is 1.89. The Morgan fingerprint density at radius 1 is 1.67 bits per heavy atom. The highest BCUT2D eigenvalue weighted by atomic mass is 16.5. The van der Waals surface area contributed by atoms with Crippen molar-refractivity contribution in [3.8, 4) is 0 Å². The van der Waals surface area contributed by atoms with E-state index < -0.39 is 0 Å². The van der Waals surface area contributed by atoms with Crippen LogP contribution in [0.25, 0.3) is 0 Å². The molecule has 1 atom stereocenters. The van der Waals surface area contributed by atoms with Crippen molar-refractivity contribution in [2.45, 2.75) is 13.0 Å². The summed E-state index contributed by atoms with van der Waals surface area (Å²) in [7, 11) is 1.65. The Morgan fingerprint density at radius 2 is 2.42 bits per heavy atom. The molecule has 0 radical (unpaired) electrons. The van der Waals surface area contributed by atoms with Crippen molar-refractivity contribution < 1.29 is 4.74 Å². The van der Waals surface area contributed by atoms with Crippen LogP contribution < -0.4 is 5.73 Å². The lowest BCUT2D eigenvalue weighted by atomic mass is 10.1. The van der Waals surface area contributed by atoms with Crippen LogP contribution >= 0.6 is 0 Å². The Hall–Kier alpha value is -0.930. The van der Waals surface area contributed by atoms with Crippen molar-refractivity contribution in [3.63, 3.8) is 0 Å². The smallest absolute Gasteiger partial charge is 0.0655 e. The zero-order valence-corrected chi connectivity index (χ0v) is 7.45. The zero-order chi connectivity index (χ0) is 8.97. The highest BCUT2D eigenvalue weighted by molar-refractivity contribution is 5.24. The molecule has 0 aromatic carbocycles. The lowest BCUT2D eigenvalue weighted by Crippen LogP contribution is -2.17. The SMILES string of the molecule is COC[C@H](N)c1ccncc1C. The summed E-state index contributed by atoms with van der Waals surface area (Å²) in [5, 5.41) is 0. The number of aromatic nitrogens is 1. The number of ether oxygens (including phenoxy) is 1. The molecule has 1 heterocycles. The molecule has 1 aromatic heterocycles. The van der Waals surface area contributed by atoms with E-state index in [9.17, 15) is 0 Å². The van der Waals surface area contributed by atoms with Crippen molar-refractivity contribution in [1.29, 1.82) is 0 Å². The second kappa shape index (κ2) is 4.18. The molecule has 0 unspecified atom stereocenters. The van der Waals surface area contributed by atoms with Gasteiger partial charge >= 0.3 is 0 Å². The van der Waals surface area contributed by atoms with Crippen LogP contribution in [0.4, 0.5) is 0 Å². The van der Waals surface area contributed by atoms with Crippen LogP contribution in [0.2, 0.25) is 0 Å². The second-order valence-electron chi connectivity index (χ2n) is 2.79. The van der Waals surface area contributed by atoms with E-state index in [1.54, 1.807) is 13.3 Å². The minimum Gasteiger partial charge on any atom is -0.383 e. The first-order chi connectivity index (χ1) is 5.75. The molecule has 0 saturated carbocycles. The number of nitrogens with zero attached hydrogens (tertiary/aromatic N) is 1. The van der Waals surface area contributed by atoms with Crippen LogP contribution in [0.5, 0.6) is 0 Å². The van der Waals surface area contributed by atoms with Gasteiger partial charge in [-0.05, 0) is 24.1 Å². The summed E-state index contributed by atoms with van der Waals surface area (Å²) in [5.74, 6) is 0. The quantitative estimate of drug-likeness (QED) is 0.729. The Bertz CT molecular complexity index is 250. The fourth-order valence-electron chi connectivity index (χ4n) is 1.17. The maximum atomic E-state index is 5.85. The lowest BCUT2D eigenvalue weighted by molar-refractivity contribution is 0.180. The van der Waals surface area contributed by atoms with Crippen molar-refractivity contribution in [1.82, 2.24) is 4.98 Å². The first-order valence-corrected chi connectivity index (χ1v) is 3.90. The average molecular weight is 166 g/mol. The molecule has 0 bridgehead atoms. The van der Waals surface area contributed by atoms with E-state index in [4.69, 9.17) is 10.5 Å². The molecular weight excluding hydrogens is 152 g/mol. The number of pyridine rings is 1. The molecule has 0 spiro atoms. The van der Waals surface area contributed by atoms with Gasteiger partial charge in [-0.1, -0.05) is 0 Å². The molecule has 0 saturated heterocycles. The molecule has 0 aliphatic carbocycles. The van der Waals surface area contributed by atoms with E-state index in [0.717, 1.165) is 11.1 Å². The zero-order valence-electron chi connectivity index (χ0n) is 7.45. The fraction of sp³-hybridized carbons (Fsp3) is 0.444. The van der Waals surface area contributed by atoms with Crippen molar-refractivity contribution in [2.75, 3.05) is 13.7 Å². The van der Waals surface area contributed by atoms with Gasteiger partial charge in [-0.2, -0.15) is 0 Å². The predicted molar refractivity (Wildman–Crippen MR) is 47.8 cm³/mol. The Balaban J connectivity index is 2.79. The highest BCUT2D eigenvalue weighted by Crippen LogP contribution is 2.13. The third kappa shape index (κ3) is 2.03. The fourth-order valence-corrected chi connectivity index (χ4v) is 1.17. The molecule has 0 aliphatic heterocycles. The van der Waals surface area contributed by atoms with Gasteiger partial charge in [-0.25, -0.2) is 0 Å². The molecule has 0 fully saturated rings. The molecule has 1 rings (SSSR count). The molecule has 12 heavy (non-hydrogen) atoms.